The number of nitrogens with one attached hydrogen (secondary N) is 1. The van der Waals surface area contributed by atoms with Crippen molar-refractivity contribution in [3.8, 4) is 0 Å². The Hall–Kier alpha value is -0.0900. The fourth-order valence-electron chi connectivity index (χ4n) is 3.39. The molecule has 2 atom stereocenters. The van der Waals surface area contributed by atoms with E-state index in [-0.39, 0.29) is 10.8 Å². The molecule has 0 aromatic carbocycles. The normalized spacial score (nSPS) is 37.5. The Bertz CT molecular complexity index is 356. The first-order valence-corrected chi connectivity index (χ1v) is 8.64. The lowest BCUT2D eigenvalue weighted by Gasteiger charge is -2.43. The van der Waals surface area contributed by atoms with Gasteiger partial charge in [-0.15, -0.1) is 0 Å². The fourth-order valence-corrected chi connectivity index (χ4v) is 5.37. The largest absolute Gasteiger partial charge is 0.311 e. The van der Waals surface area contributed by atoms with Crippen molar-refractivity contribution in [2.24, 2.45) is 5.92 Å². The Morgan fingerprint density at radius 3 is 2.53 bits per heavy atom. The highest BCUT2D eigenvalue weighted by Gasteiger charge is 2.42. The van der Waals surface area contributed by atoms with Crippen LogP contribution in [0.4, 0.5) is 0 Å². The number of sulfone groups is 1. The third-order valence-corrected chi connectivity index (χ3v) is 6.96. The van der Waals surface area contributed by atoms with E-state index < -0.39 is 9.84 Å². The molecule has 0 aliphatic carbocycles. The van der Waals surface area contributed by atoms with Crippen LogP contribution in [0.15, 0.2) is 0 Å². The molecular formula is C13H25NO2S. The lowest BCUT2D eigenvalue weighted by Crippen LogP contribution is -2.54. The highest BCUT2D eigenvalue weighted by Crippen LogP contribution is 2.36. The van der Waals surface area contributed by atoms with Gasteiger partial charge >= 0.3 is 0 Å². The van der Waals surface area contributed by atoms with Gasteiger partial charge < -0.3 is 5.32 Å². The van der Waals surface area contributed by atoms with Gasteiger partial charge in [0.25, 0.3) is 0 Å². The molecule has 0 spiro atoms. The molecule has 100 valence electrons. The summed E-state index contributed by atoms with van der Waals surface area (Å²) in [6, 6.07) is 0. The molecule has 0 aromatic rings. The number of rotatable bonds is 3. The monoisotopic (exact) mass is 259 g/mol. The molecule has 2 aliphatic heterocycles. The molecule has 1 N–H and O–H groups in total. The summed E-state index contributed by atoms with van der Waals surface area (Å²) in [7, 11) is -2.80. The van der Waals surface area contributed by atoms with E-state index in [1.807, 2.05) is 0 Å². The quantitative estimate of drug-likeness (QED) is 0.844. The predicted molar refractivity (Wildman–Crippen MR) is 70.8 cm³/mol. The second-order valence-corrected chi connectivity index (χ2v) is 8.43. The van der Waals surface area contributed by atoms with Crippen LogP contribution in [-0.2, 0) is 9.84 Å². The van der Waals surface area contributed by atoms with Crippen molar-refractivity contribution in [1.82, 2.24) is 5.32 Å². The third kappa shape index (κ3) is 2.68. The lowest BCUT2D eigenvalue weighted by atomic mass is 9.75. The Morgan fingerprint density at radius 2 is 2.06 bits per heavy atom. The average Bonchev–Trinajstić information content (AvgIpc) is 2.59. The van der Waals surface area contributed by atoms with Crippen molar-refractivity contribution in [3.63, 3.8) is 0 Å². The minimum Gasteiger partial charge on any atom is -0.311 e. The van der Waals surface area contributed by atoms with Gasteiger partial charge in [0, 0.05) is 5.54 Å². The van der Waals surface area contributed by atoms with Gasteiger partial charge in [0.15, 0.2) is 9.84 Å². The molecule has 0 bridgehead atoms. The summed E-state index contributed by atoms with van der Waals surface area (Å²) in [4.78, 5) is 0. The van der Waals surface area contributed by atoms with Crippen molar-refractivity contribution in [2.75, 3.05) is 12.3 Å². The summed E-state index contributed by atoms with van der Waals surface area (Å²) in [6.07, 6.45) is 6.16. The van der Waals surface area contributed by atoms with Crippen molar-refractivity contribution < 1.29 is 8.42 Å². The second kappa shape index (κ2) is 4.88. The fraction of sp³-hybridized carbons (Fsp3) is 1.00. The molecule has 17 heavy (non-hydrogen) atoms. The van der Waals surface area contributed by atoms with Crippen LogP contribution in [0.3, 0.4) is 0 Å². The zero-order valence-corrected chi connectivity index (χ0v) is 11.9. The van der Waals surface area contributed by atoms with E-state index in [9.17, 15) is 8.42 Å². The molecule has 2 saturated heterocycles. The average molecular weight is 259 g/mol. The summed E-state index contributed by atoms with van der Waals surface area (Å²) in [6.45, 7) is 5.49. The smallest absolute Gasteiger partial charge is 0.153 e. The van der Waals surface area contributed by atoms with Crippen LogP contribution in [0.2, 0.25) is 0 Å². The lowest BCUT2D eigenvalue weighted by molar-refractivity contribution is 0.167. The maximum Gasteiger partial charge on any atom is 0.153 e. The summed E-state index contributed by atoms with van der Waals surface area (Å²) in [5.74, 6) is 0.921. The first kappa shape index (κ1) is 13.3. The molecule has 2 rings (SSSR count). The summed E-state index contributed by atoms with van der Waals surface area (Å²) in [5.41, 5.74) is 0.0698. The van der Waals surface area contributed by atoms with Crippen LogP contribution in [-0.4, -0.2) is 31.5 Å². The Labute approximate surface area is 105 Å². The Kier molecular flexibility index (Phi) is 3.83. The molecule has 0 amide bonds. The van der Waals surface area contributed by atoms with E-state index in [0.29, 0.717) is 11.7 Å². The summed E-state index contributed by atoms with van der Waals surface area (Å²) < 4.78 is 23.9. The SMILES string of the molecule is CC(C)C1(CC2CCCS2(=O)=O)CCCCN1. The Morgan fingerprint density at radius 1 is 1.29 bits per heavy atom. The summed E-state index contributed by atoms with van der Waals surface area (Å²) >= 11 is 0. The van der Waals surface area contributed by atoms with Crippen LogP contribution < -0.4 is 5.32 Å². The van der Waals surface area contributed by atoms with Crippen molar-refractivity contribution >= 4 is 9.84 Å². The highest BCUT2D eigenvalue weighted by atomic mass is 32.2. The molecule has 0 saturated carbocycles. The number of piperidine rings is 1. The van der Waals surface area contributed by atoms with E-state index in [0.717, 1.165) is 32.2 Å². The van der Waals surface area contributed by atoms with Gasteiger partial charge in [0.2, 0.25) is 0 Å². The minimum atomic E-state index is -2.80. The van der Waals surface area contributed by atoms with E-state index in [1.54, 1.807) is 0 Å². The number of hydrogen-bond acceptors (Lipinski definition) is 3. The van der Waals surface area contributed by atoms with Gasteiger partial charge in [-0.2, -0.15) is 0 Å². The van der Waals surface area contributed by atoms with Gasteiger partial charge in [0.1, 0.15) is 0 Å². The number of hydrogen-bond donors (Lipinski definition) is 1. The first-order chi connectivity index (χ1) is 7.96. The summed E-state index contributed by atoms with van der Waals surface area (Å²) in [5, 5.41) is 3.54. The van der Waals surface area contributed by atoms with Crippen LogP contribution in [0.5, 0.6) is 0 Å². The van der Waals surface area contributed by atoms with Gasteiger partial charge in [-0.3, -0.25) is 0 Å². The third-order valence-electron chi connectivity index (χ3n) is 4.69. The predicted octanol–water partition coefficient (Wildman–Crippen LogP) is 2.12. The molecule has 2 fully saturated rings. The topological polar surface area (TPSA) is 46.2 Å². The maximum absolute atomic E-state index is 12.0. The van der Waals surface area contributed by atoms with E-state index in [4.69, 9.17) is 0 Å². The van der Waals surface area contributed by atoms with Crippen LogP contribution in [0.25, 0.3) is 0 Å². The molecular weight excluding hydrogens is 234 g/mol. The second-order valence-electron chi connectivity index (χ2n) is 6.03. The van der Waals surface area contributed by atoms with Crippen LogP contribution in [0, 0.1) is 5.92 Å². The highest BCUT2D eigenvalue weighted by molar-refractivity contribution is 7.92. The van der Waals surface area contributed by atoms with Crippen molar-refractivity contribution in [1.29, 1.82) is 0 Å². The molecule has 0 aromatic heterocycles. The minimum absolute atomic E-state index is 0.0698. The molecule has 2 aliphatic rings. The standard InChI is InChI=1S/C13H25NO2S/c1-11(2)13(7-3-4-8-14-13)10-12-6-5-9-17(12,15)16/h11-12,14H,3-10H2,1-2H3. The van der Waals surface area contributed by atoms with Gasteiger partial charge in [-0.05, 0) is 44.6 Å². The molecule has 2 heterocycles. The van der Waals surface area contributed by atoms with Gasteiger partial charge in [-0.1, -0.05) is 20.3 Å². The Balaban J connectivity index is 2.13. The first-order valence-electron chi connectivity index (χ1n) is 6.93. The van der Waals surface area contributed by atoms with Crippen LogP contribution >= 0.6 is 0 Å². The zero-order chi connectivity index (χ0) is 12.5. The zero-order valence-electron chi connectivity index (χ0n) is 11.0. The van der Waals surface area contributed by atoms with E-state index in [1.165, 1.54) is 12.8 Å². The molecule has 2 unspecified atom stereocenters. The maximum atomic E-state index is 12.0. The molecule has 3 nitrogen and oxygen atoms in total. The van der Waals surface area contributed by atoms with Crippen molar-refractivity contribution in [3.05, 3.63) is 0 Å². The molecule has 4 heteroatoms. The van der Waals surface area contributed by atoms with E-state index >= 15 is 0 Å². The molecule has 0 radical (unpaired) electrons. The van der Waals surface area contributed by atoms with Crippen molar-refractivity contribution in [2.45, 2.75) is 63.2 Å². The van der Waals surface area contributed by atoms with Gasteiger partial charge in [0.05, 0.1) is 11.0 Å². The van der Waals surface area contributed by atoms with Gasteiger partial charge in [-0.25, -0.2) is 8.42 Å². The van der Waals surface area contributed by atoms with E-state index in [2.05, 4.69) is 19.2 Å². The van der Waals surface area contributed by atoms with Crippen LogP contribution in [0.1, 0.15) is 52.4 Å².